The summed E-state index contributed by atoms with van der Waals surface area (Å²) in [7, 11) is -3.83. The number of halogens is 1. The van der Waals surface area contributed by atoms with Gasteiger partial charge in [-0.3, -0.25) is 4.79 Å². The van der Waals surface area contributed by atoms with Gasteiger partial charge in [0.05, 0.1) is 29.3 Å². The van der Waals surface area contributed by atoms with Gasteiger partial charge in [-0.25, -0.2) is 22.6 Å². The summed E-state index contributed by atoms with van der Waals surface area (Å²) < 4.78 is 33.5. The van der Waals surface area contributed by atoms with Crippen LogP contribution in [0.3, 0.4) is 0 Å². The van der Waals surface area contributed by atoms with E-state index in [4.69, 9.17) is 16.3 Å². The molecule has 2 aromatic carbocycles. The highest BCUT2D eigenvalue weighted by atomic mass is 35.5. The average molecular weight is 462 g/mol. The Hall–Kier alpha value is -3.01. The topological polar surface area (TPSA) is 107 Å². The van der Waals surface area contributed by atoms with Crippen molar-refractivity contribution in [3.8, 4) is 11.3 Å². The lowest BCUT2D eigenvalue weighted by Gasteiger charge is -2.10. The molecule has 0 bridgehead atoms. The molecule has 1 aromatic heterocycles. The fourth-order valence-electron chi connectivity index (χ4n) is 2.74. The maximum Gasteiger partial charge on any atom is 0.338 e. The van der Waals surface area contributed by atoms with Crippen LogP contribution < -0.4 is 10.3 Å². The van der Waals surface area contributed by atoms with E-state index < -0.39 is 16.0 Å². The summed E-state index contributed by atoms with van der Waals surface area (Å²) in [6.07, 6.45) is 0. The minimum Gasteiger partial charge on any atom is -0.462 e. The largest absolute Gasteiger partial charge is 0.462 e. The van der Waals surface area contributed by atoms with Gasteiger partial charge in [0, 0.05) is 23.2 Å². The number of benzene rings is 2. The number of hydrogen-bond donors (Lipinski definition) is 1. The zero-order valence-corrected chi connectivity index (χ0v) is 18.2. The predicted octanol–water partition coefficient (Wildman–Crippen LogP) is 2.72. The third kappa shape index (κ3) is 5.78. The van der Waals surface area contributed by atoms with E-state index in [1.54, 1.807) is 37.3 Å². The van der Waals surface area contributed by atoms with Gasteiger partial charge in [-0.2, -0.15) is 5.10 Å². The molecule has 0 unspecified atom stereocenters. The van der Waals surface area contributed by atoms with Crippen molar-refractivity contribution in [2.75, 3.05) is 13.2 Å². The van der Waals surface area contributed by atoms with E-state index >= 15 is 0 Å². The van der Waals surface area contributed by atoms with Gasteiger partial charge in [-0.1, -0.05) is 23.7 Å². The molecule has 0 spiro atoms. The Morgan fingerprint density at radius 2 is 1.74 bits per heavy atom. The molecule has 0 aliphatic rings. The Kier molecular flexibility index (Phi) is 7.21. The zero-order valence-electron chi connectivity index (χ0n) is 16.6. The van der Waals surface area contributed by atoms with Crippen LogP contribution in [0.5, 0.6) is 0 Å². The van der Waals surface area contributed by atoms with Crippen molar-refractivity contribution in [3.05, 3.63) is 81.6 Å². The zero-order chi connectivity index (χ0) is 22.4. The monoisotopic (exact) mass is 461 g/mol. The first-order valence-corrected chi connectivity index (χ1v) is 11.3. The minimum absolute atomic E-state index is 0.00392. The maximum absolute atomic E-state index is 12.5. The van der Waals surface area contributed by atoms with Crippen LogP contribution in [0.2, 0.25) is 5.02 Å². The predicted molar refractivity (Wildman–Crippen MR) is 117 cm³/mol. The van der Waals surface area contributed by atoms with Gasteiger partial charge in [0.25, 0.3) is 5.56 Å². The van der Waals surface area contributed by atoms with E-state index in [1.165, 1.54) is 35.0 Å². The fourth-order valence-corrected chi connectivity index (χ4v) is 3.88. The number of sulfonamides is 1. The molecule has 0 fully saturated rings. The number of carbonyl (C=O) groups excluding carboxylic acids is 1. The molecule has 162 valence electrons. The number of hydrogen-bond acceptors (Lipinski definition) is 6. The van der Waals surface area contributed by atoms with E-state index in [-0.39, 0.29) is 35.7 Å². The van der Waals surface area contributed by atoms with Crippen molar-refractivity contribution in [2.45, 2.75) is 18.4 Å². The summed E-state index contributed by atoms with van der Waals surface area (Å²) in [5.74, 6) is -0.523. The number of ether oxygens (including phenoxy) is 1. The third-order valence-electron chi connectivity index (χ3n) is 4.30. The second-order valence-corrected chi connectivity index (χ2v) is 8.63. The van der Waals surface area contributed by atoms with E-state index in [1.807, 2.05) is 0 Å². The number of carbonyl (C=O) groups is 1. The normalized spacial score (nSPS) is 11.3. The summed E-state index contributed by atoms with van der Waals surface area (Å²) >= 11 is 5.89. The Balaban J connectivity index is 1.67. The molecule has 31 heavy (non-hydrogen) atoms. The van der Waals surface area contributed by atoms with Gasteiger partial charge in [-0.05, 0) is 49.4 Å². The SMILES string of the molecule is CCOC(=O)c1ccc(S(=O)(=O)NCCn2nc(-c3ccc(Cl)cc3)ccc2=O)cc1. The van der Waals surface area contributed by atoms with E-state index in [0.717, 1.165) is 5.56 Å². The Labute approximate surface area is 184 Å². The van der Waals surface area contributed by atoms with E-state index in [0.29, 0.717) is 10.7 Å². The van der Waals surface area contributed by atoms with Crippen LogP contribution in [0.4, 0.5) is 0 Å². The second-order valence-electron chi connectivity index (χ2n) is 6.43. The number of nitrogens with zero attached hydrogens (tertiary/aromatic N) is 2. The molecular formula is C21H20ClN3O5S. The molecular weight excluding hydrogens is 442 g/mol. The van der Waals surface area contributed by atoms with Crippen molar-refractivity contribution < 1.29 is 17.9 Å². The van der Waals surface area contributed by atoms with Gasteiger partial charge in [-0.15, -0.1) is 0 Å². The van der Waals surface area contributed by atoms with Crippen LogP contribution in [0.1, 0.15) is 17.3 Å². The minimum atomic E-state index is -3.83. The first-order valence-electron chi connectivity index (χ1n) is 9.41. The summed E-state index contributed by atoms with van der Waals surface area (Å²) in [5, 5.41) is 4.87. The summed E-state index contributed by atoms with van der Waals surface area (Å²) in [6, 6.07) is 15.4. The Morgan fingerprint density at radius 1 is 1.06 bits per heavy atom. The van der Waals surface area contributed by atoms with Crippen molar-refractivity contribution in [3.63, 3.8) is 0 Å². The van der Waals surface area contributed by atoms with Crippen LogP contribution in [-0.4, -0.2) is 37.3 Å². The number of nitrogens with one attached hydrogen (secondary N) is 1. The van der Waals surface area contributed by atoms with Crippen LogP contribution in [0.15, 0.2) is 70.4 Å². The standard InChI is InChI=1S/C21H20ClN3O5S/c1-2-30-21(27)16-5-9-18(10-6-16)31(28,29)23-13-14-25-20(26)12-11-19(24-25)15-3-7-17(22)8-4-15/h3-12,23H,2,13-14H2,1H3. The average Bonchev–Trinajstić information content (AvgIpc) is 2.76. The highest BCUT2D eigenvalue weighted by molar-refractivity contribution is 7.89. The molecule has 0 aliphatic heterocycles. The Bertz CT molecular complexity index is 1220. The van der Waals surface area contributed by atoms with Gasteiger partial charge < -0.3 is 4.74 Å². The third-order valence-corrected chi connectivity index (χ3v) is 6.03. The first-order chi connectivity index (χ1) is 14.8. The van der Waals surface area contributed by atoms with Crippen molar-refractivity contribution >= 4 is 27.6 Å². The summed E-state index contributed by atoms with van der Waals surface area (Å²) in [5.41, 5.74) is 1.25. The highest BCUT2D eigenvalue weighted by Gasteiger charge is 2.15. The number of rotatable bonds is 8. The quantitative estimate of drug-likeness (QED) is 0.517. The van der Waals surface area contributed by atoms with Gasteiger partial charge in [0.15, 0.2) is 0 Å². The van der Waals surface area contributed by atoms with Crippen LogP contribution in [0.25, 0.3) is 11.3 Å². The molecule has 0 aliphatic carbocycles. The van der Waals surface area contributed by atoms with Gasteiger partial charge >= 0.3 is 5.97 Å². The molecule has 0 saturated heterocycles. The fraction of sp³-hybridized carbons (Fsp3) is 0.190. The van der Waals surface area contributed by atoms with E-state index in [9.17, 15) is 18.0 Å². The molecule has 3 aromatic rings. The Morgan fingerprint density at radius 3 is 2.39 bits per heavy atom. The molecule has 8 nitrogen and oxygen atoms in total. The summed E-state index contributed by atoms with van der Waals surface area (Å²) in [4.78, 5) is 23.8. The lowest BCUT2D eigenvalue weighted by Crippen LogP contribution is -2.32. The van der Waals surface area contributed by atoms with Crippen LogP contribution >= 0.6 is 11.6 Å². The lowest BCUT2D eigenvalue weighted by atomic mass is 10.1. The van der Waals surface area contributed by atoms with Gasteiger partial charge in [0.2, 0.25) is 10.0 Å². The van der Waals surface area contributed by atoms with Crippen molar-refractivity contribution in [2.24, 2.45) is 0 Å². The molecule has 0 radical (unpaired) electrons. The highest BCUT2D eigenvalue weighted by Crippen LogP contribution is 2.18. The molecule has 1 N–H and O–H groups in total. The smallest absolute Gasteiger partial charge is 0.338 e. The first kappa shape index (κ1) is 22.7. The number of esters is 1. The lowest BCUT2D eigenvalue weighted by molar-refractivity contribution is 0.0526. The molecule has 0 atom stereocenters. The van der Waals surface area contributed by atoms with Crippen LogP contribution in [-0.2, 0) is 21.3 Å². The van der Waals surface area contributed by atoms with E-state index in [2.05, 4.69) is 9.82 Å². The molecule has 3 rings (SSSR count). The van der Waals surface area contributed by atoms with Crippen molar-refractivity contribution in [1.29, 1.82) is 0 Å². The number of aromatic nitrogens is 2. The van der Waals surface area contributed by atoms with Gasteiger partial charge in [0.1, 0.15) is 0 Å². The summed E-state index contributed by atoms with van der Waals surface area (Å²) in [6.45, 7) is 1.92. The van der Waals surface area contributed by atoms with Crippen LogP contribution in [0, 0.1) is 0 Å². The second kappa shape index (κ2) is 9.86. The maximum atomic E-state index is 12.5. The molecule has 1 heterocycles. The molecule has 0 amide bonds. The van der Waals surface area contributed by atoms with Crippen molar-refractivity contribution in [1.82, 2.24) is 14.5 Å². The molecule has 10 heteroatoms. The molecule has 0 saturated carbocycles.